The third-order valence-corrected chi connectivity index (χ3v) is 9.84. The Morgan fingerprint density at radius 3 is 2.39 bits per heavy atom. The van der Waals surface area contributed by atoms with Crippen molar-refractivity contribution in [3.63, 3.8) is 0 Å². The van der Waals surface area contributed by atoms with Gasteiger partial charge in [0.05, 0.1) is 33.6 Å². The number of aliphatic carboxylic acids is 1. The van der Waals surface area contributed by atoms with E-state index in [0.29, 0.717) is 30.2 Å². The van der Waals surface area contributed by atoms with Crippen LogP contribution in [0.25, 0.3) is 32.2 Å². The first kappa shape index (κ1) is 34.7. The number of aromatic nitrogens is 3. The Labute approximate surface area is 295 Å². The van der Waals surface area contributed by atoms with Gasteiger partial charge in [0.25, 0.3) is 0 Å². The van der Waals surface area contributed by atoms with Crippen LogP contribution in [0.15, 0.2) is 54.7 Å². The summed E-state index contributed by atoms with van der Waals surface area (Å²) in [5, 5.41) is 17.2. The highest BCUT2D eigenvalue weighted by molar-refractivity contribution is 7.22. The third-order valence-electron chi connectivity index (χ3n) is 8.44. The number of hydrogen-bond acceptors (Lipinski definition) is 8. The van der Waals surface area contributed by atoms with Crippen LogP contribution in [0.1, 0.15) is 70.4 Å². The average molecular weight is 704 g/mol. The smallest absolute Gasteiger partial charge is 0.410 e. The van der Waals surface area contributed by atoms with Crippen LogP contribution in [0, 0.1) is 6.92 Å². The van der Waals surface area contributed by atoms with Gasteiger partial charge in [-0.3, -0.25) is 9.58 Å². The average Bonchev–Trinajstić information content (AvgIpc) is 3.61. The SMILES string of the molecule is Cc1cc2nc(N3CCN(C(=O)OC(C)(C)C)C(c4ccc5c(cnn5C)c4)C3)sc2c(-c2ccc(Cl)cc2)c1[C@H](OC(C)(C)C)C(=O)O. The zero-order valence-electron chi connectivity index (χ0n) is 29.1. The highest BCUT2D eigenvalue weighted by Gasteiger charge is 2.37. The molecule has 1 fully saturated rings. The summed E-state index contributed by atoms with van der Waals surface area (Å²) in [4.78, 5) is 35.4. The van der Waals surface area contributed by atoms with Gasteiger partial charge in [-0.15, -0.1) is 0 Å². The van der Waals surface area contributed by atoms with Gasteiger partial charge in [0, 0.05) is 48.2 Å². The summed E-state index contributed by atoms with van der Waals surface area (Å²) in [5.74, 6) is -1.07. The number of carbonyl (C=O) groups excluding carboxylic acids is 1. The summed E-state index contributed by atoms with van der Waals surface area (Å²) < 4.78 is 14.7. The second kappa shape index (κ2) is 12.9. The number of amides is 1. The minimum Gasteiger partial charge on any atom is -0.479 e. The van der Waals surface area contributed by atoms with Gasteiger partial charge in [0.2, 0.25) is 0 Å². The van der Waals surface area contributed by atoms with E-state index in [1.807, 2.05) is 96.7 Å². The number of nitrogens with zero attached hydrogens (tertiary/aromatic N) is 5. The van der Waals surface area contributed by atoms with E-state index in [2.05, 4.69) is 16.1 Å². The predicted molar refractivity (Wildman–Crippen MR) is 195 cm³/mol. The second-order valence-corrected chi connectivity index (χ2v) is 15.9. The van der Waals surface area contributed by atoms with E-state index >= 15 is 0 Å². The van der Waals surface area contributed by atoms with Gasteiger partial charge in [-0.1, -0.05) is 41.1 Å². The largest absolute Gasteiger partial charge is 0.479 e. The number of aryl methyl sites for hydroxylation is 2. The molecule has 1 saturated heterocycles. The van der Waals surface area contributed by atoms with E-state index < -0.39 is 23.3 Å². The standard InChI is InChI=1S/C37H42ClN5O5S/c1-21-17-26-32(30(22-9-12-25(38)13-10-22)29(21)31(33(44)45)47-36(2,3)4)49-34(40-26)42-15-16-43(35(46)48-37(5,6)7)28(20-42)23-11-14-27-24(18-23)19-39-41(27)8/h9-14,17-19,28,31H,15-16,20H2,1-8H3,(H,44,45)/t28?,31-/m0/s1. The summed E-state index contributed by atoms with van der Waals surface area (Å²) in [6.07, 6.45) is 0.262. The molecule has 2 atom stereocenters. The molecule has 0 spiro atoms. The Morgan fingerprint density at radius 2 is 1.73 bits per heavy atom. The maximum Gasteiger partial charge on any atom is 0.410 e. The quantitative estimate of drug-likeness (QED) is 0.187. The van der Waals surface area contributed by atoms with Crippen molar-refractivity contribution < 1.29 is 24.2 Å². The topological polar surface area (TPSA) is 110 Å². The fourth-order valence-corrected chi connectivity index (χ4v) is 7.62. The zero-order chi connectivity index (χ0) is 35.4. The van der Waals surface area contributed by atoms with Crippen molar-refractivity contribution in [2.24, 2.45) is 7.05 Å². The maximum absolute atomic E-state index is 13.6. The Hall–Kier alpha value is -4.19. The number of ether oxygens (including phenoxy) is 2. The molecular weight excluding hydrogens is 662 g/mol. The van der Waals surface area contributed by atoms with E-state index in [4.69, 9.17) is 26.1 Å². The second-order valence-electron chi connectivity index (χ2n) is 14.5. The van der Waals surface area contributed by atoms with Gasteiger partial charge < -0.3 is 19.5 Å². The van der Waals surface area contributed by atoms with Gasteiger partial charge in [-0.2, -0.15) is 5.10 Å². The minimum atomic E-state index is -1.20. The van der Waals surface area contributed by atoms with Crippen LogP contribution < -0.4 is 4.90 Å². The fraction of sp³-hybridized carbons (Fsp3) is 0.405. The van der Waals surface area contributed by atoms with E-state index in [0.717, 1.165) is 48.5 Å². The molecule has 1 N–H and O–H groups in total. The molecule has 0 aliphatic carbocycles. The van der Waals surface area contributed by atoms with E-state index in [1.165, 1.54) is 11.3 Å². The number of fused-ring (bicyclic) bond motifs is 2. The number of carboxylic acids is 1. The van der Waals surface area contributed by atoms with Crippen LogP contribution in [0.4, 0.5) is 9.93 Å². The number of anilines is 1. The molecule has 2 aromatic heterocycles. The molecule has 258 valence electrons. The lowest BCUT2D eigenvalue weighted by Crippen LogP contribution is -2.52. The highest BCUT2D eigenvalue weighted by atomic mass is 35.5. The molecule has 0 radical (unpaired) electrons. The molecule has 5 aromatic rings. The lowest BCUT2D eigenvalue weighted by Gasteiger charge is -2.41. The lowest BCUT2D eigenvalue weighted by molar-refractivity contribution is -0.160. The molecular formula is C37H42ClN5O5S. The van der Waals surface area contributed by atoms with Crippen LogP contribution in [-0.4, -0.2) is 67.7 Å². The molecule has 1 aliphatic heterocycles. The summed E-state index contributed by atoms with van der Waals surface area (Å²) in [7, 11) is 1.91. The first-order valence-electron chi connectivity index (χ1n) is 16.3. The molecule has 1 amide bonds. The highest BCUT2D eigenvalue weighted by Crippen LogP contribution is 2.45. The number of rotatable bonds is 6. The molecule has 12 heteroatoms. The number of benzene rings is 3. The van der Waals surface area contributed by atoms with Crippen molar-refractivity contribution in [1.82, 2.24) is 19.7 Å². The zero-order valence-corrected chi connectivity index (χ0v) is 30.6. The minimum absolute atomic E-state index is 0.315. The normalized spacial score (nSPS) is 16.4. The Balaban J connectivity index is 1.46. The van der Waals surface area contributed by atoms with Gasteiger partial charge in [-0.25, -0.2) is 14.6 Å². The maximum atomic E-state index is 13.6. The van der Waals surface area contributed by atoms with Crippen molar-refractivity contribution in [2.45, 2.75) is 71.8 Å². The molecule has 10 nitrogen and oxygen atoms in total. The fourth-order valence-electron chi connectivity index (χ4n) is 6.33. The number of hydrogen-bond donors (Lipinski definition) is 1. The molecule has 6 rings (SSSR count). The first-order valence-corrected chi connectivity index (χ1v) is 17.5. The number of carboxylic acid groups (broad SMARTS) is 1. The van der Waals surface area contributed by atoms with E-state index in [-0.39, 0.29) is 12.1 Å². The Bertz CT molecular complexity index is 2040. The van der Waals surface area contributed by atoms with Gasteiger partial charge in [0.15, 0.2) is 11.2 Å². The molecule has 1 aliphatic rings. The summed E-state index contributed by atoms with van der Waals surface area (Å²) in [6, 6.07) is 15.2. The third kappa shape index (κ3) is 7.25. The number of carbonyl (C=O) groups is 2. The van der Waals surface area contributed by atoms with Crippen LogP contribution in [0.3, 0.4) is 0 Å². The van der Waals surface area contributed by atoms with Crippen molar-refractivity contribution in [2.75, 3.05) is 24.5 Å². The van der Waals surface area contributed by atoms with E-state index in [1.54, 1.807) is 17.0 Å². The van der Waals surface area contributed by atoms with Crippen molar-refractivity contribution in [3.8, 4) is 11.1 Å². The van der Waals surface area contributed by atoms with Crippen LogP contribution in [-0.2, 0) is 21.3 Å². The van der Waals surface area contributed by atoms with Crippen molar-refractivity contribution in [1.29, 1.82) is 0 Å². The summed E-state index contributed by atoms with van der Waals surface area (Å²) in [6.45, 7) is 14.5. The molecule has 49 heavy (non-hydrogen) atoms. The molecule has 3 aromatic carbocycles. The molecule has 1 unspecified atom stereocenters. The molecule has 3 heterocycles. The number of halogens is 1. The summed E-state index contributed by atoms with van der Waals surface area (Å²) in [5.41, 5.74) is 4.33. The predicted octanol–water partition coefficient (Wildman–Crippen LogP) is 8.55. The van der Waals surface area contributed by atoms with Gasteiger partial charge in [0.1, 0.15) is 5.60 Å². The first-order chi connectivity index (χ1) is 23.0. The Morgan fingerprint density at radius 1 is 1.02 bits per heavy atom. The van der Waals surface area contributed by atoms with Crippen LogP contribution in [0.5, 0.6) is 0 Å². The summed E-state index contributed by atoms with van der Waals surface area (Å²) >= 11 is 7.79. The Kier molecular flexibility index (Phi) is 9.15. The van der Waals surface area contributed by atoms with E-state index in [9.17, 15) is 14.7 Å². The van der Waals surface area contributed by atoms with Crippen molar-refractivity contribution >= 4 is 61.3 Å². The number of piperazine rings is 1. The van der Waals surface area contributed by atoms with Crippen LogP contribution >= 0.6 is 22.9 Å². The van der Waals surface area contributed by atoms with Crippen molar-refractivity contribution in [3.05, 3.63) is 76.4 Å². The number of thiazole rings is 1. The molecule has 0 saturated carbocycles. The monoisotopic (exact) mass is 703 g/mol. The van der Waals surface area contributed by atoms with Crippen LogP contribution in [0.2, 0.25) is 5.02 Å². The lowest BCUT2D eigenvalue weighted by atomic mass is 9.91. The van der Waals surface area contributed by atoms with Gasteiger partial charge >= 0.3 is 12.1 Å². The molecule has 0 bridgehead atoms. The van der Waals surface area contributed by atoms with Gasteiger partial charge in [-0.05, 0) is 95.5 Å².